The van der Waals surface area contributed by atoms with Gasteiger partial charge >= 0.3 is 0 Å². The van der Waals surface area contributed by atoms with E-state index in [9.17, 15) is 0 Å². The lowest BCUT2D eigenvalue weighted by Gasteiger charge is -2.16. The van der Waals surface area contributed by atoms with E-state index in [0.717, 1.165) is 12.0 Å². The van der Waals surface area contributed by atoms with E-state index < -0.39 is 0 Å². The van der Waals surface area contributed by atoms with E-state index >= 15 is 0 Å². The smallest absolute Gasteiger partial charge is 0.00683 e. The lowest BCUT2D eigenvalue weighted by molar-refractivity contribution is 0.330. The Labute approximate surface area is 70.0 Å². The number of nitrogens with zero attached hydrogens (tertiary/aromatic N) is 1. The van der Waals surface area contributed by atoms with Crippen LogP contribution in [0.5, 0.6) is 0 Å². The topological polar surface area (TPSA) is 15.3 Å². The molecule has 0 aliphatic heterocycles. The molecular weight excluding hydrogens is 136 g/mol. The first kappa shape index (κ1) is 9.01. The molecule has 0 heterocycles. The van der Waals surface area contributed by atoms with Crippen LogP contribution in [0.15, 0.2) is 0 Å². The van der Waals surface area contributed by atoms with Gasteiger partial charge in [0, 0.05) is 12.6 Å². The van der Waals surface area contributed by atoms with Gasteiger partial charge in [-0.25, -0.2) is 0 Å². The molecule has 1 aliphatic rings. The molecule has 1 saturated carbocycles. The standard InChI is InChI=1S/C9H20N2/c1-8(7-11(2)3)6-10-9-4-5-9/h8-10H,4-7H2,1-3H3. The Hall–Kier alpha value is -0.0800. The minimum atomic E-state index is 0.783. The first-order valence-electron chi connectivity index (χ1n) is 4.56. The Morgan fingerprint density at radius 3 is 2.55 bits per heavy atom. The zero-order chi connectivity index (χ0) is 8.27. The third kappa shape index (κ3) is 4.38. The summed E-state index contributed by atoms with van der Waals surface area (Å²) in [6.45, 7) is 4.68. The third-order valence-corrected chi connectivity index (χ3v) is 2.01. The summed E-state index contributed by atoms with van der Waals surface area (Å²) < 4.78 is 0. The summed E-state index contributed by atoms with van der Waals surface area (Å²) in [5, 5.41) is 3.54. The summed E-state index contributed by atoms with van der Waals surface area (Å²) in [6.07, 6.45) is 2.80. The first-order valence-corrected chi connectivity index (χ1v) is 4.56. The molecule has 0 bridgehead atoms. The second-order valence-corrected chi connectivity index (χ2v) is 4.05. The summed E-state index contributed by atoms with van der Waals surface area (Å²) in [5.41, 5.74) is 0. The molecule has 0 aromatic rings. The van der Waals surface area contributed by atoms with E-state index in [2.05, 4.69) is 31.2 Å². The number of rotatable bonds is 5. The van der Waals surface area contributed by atoms with Gasteiger partial charge in [0.2, 0.25) is 0 Å². The summed E-state index contributed by atoms with van der Waals surface area (Å²) in [4.78, 5) is 2.25. The Balaban J connectivity index is 1.95. The molecule has 1 fully saturated rings. The van der Waals surface area contributed by atoms with Gasteiger partial charge in [-0.05, 0) is 39.4 Å². The van der Waals surface area contributed by atoms with Gasteiger partial charge in [-0.15, -0.1) is 0 Å². The average Bonchev–Trinajstić information content (AvgIpc) is 2.63. The van der Waals surface area contributed by atoms with Crippen LogP contribution >= 0.6 is 0 Å². The van der Waals surface area contributed by atoms with Gasteiger partial charge in [0.1, 0.15) is 0 Å². The summed E-state index contributed by atoms with van der Waals surface area (Å²) >= 11 is 0. The lowest BCUT2D eigenvalue weighted by Crippen LogP contribution is -2.30. The van der Waals surface area contributed by atoms with E-state index in [0.29, 0.717) is 0 Å². The third-order valence-electron chi connectivity index (χ3n) is 2.01. The Morgan fingerprint density at radius 1 is 1.45 bits per heavy atom. The van der Waals surface area contributed by atoms with Crippen LogP contribution in [0.25, 0.3) is 0 Å². The maximum atomic E-state index is 3.54. The number of hydrogen-bond acceptors (Lipinski definition) is 2. The van der Waals surface area contributed by atoms with Gasteiger partial charge in [0.15, 0.2) is 0 Å². The molecule has 2 heteroatoms. The van der Waals surface area contributed by atoms with Crippen molar-refractivity contribution in [3.8, 4) is 0 Å². The van der Waals surface area contributed by atoms with Crippen molar-refractivity contribution in [2.75, 3.05) is 27.2 Å². The van der Waals surface area contributed by atoms with Crippen molar-refractivity contribution < 1.29 is 0 Å². The van der Waals surface area contributed by atoms with Gasteiger partial charge < -0.3 is 10.2 Å². The fourth-order valence-corrected chi connectivity index (χ4v) is 1.34. The van der Waals surface area contributed by atoms with Crippen molar-refractivity contribution in [3.05, 3.63) is 0 Å². The zero-order valence-corrected chi connectivity index (χ0v) is 7.93. The SMILES string of the molecule is CC(CNC1CC1)CN(C)C. The predicted octanol–water partition coefficient (Wildman–Crippen LogP) is 0.936. The molecule has 0 aromatic heterocycles. The second-order valence-electron chi connectivity index (χ2n) is 4.05. The number of hydrogen-bond donors (Lipinski definition) is 1. The molecule has 1 unspecified atom stereocenters. The molecule has 0 saturated heterocycles. The van der Waals surface area contributed by atoms with Crippen molar-refractivity contribution in [1.82, 2.24) is 10.2 Å². The minimum Gasteiger partial charge on any atom is -0.314 e. The van der Waals surface area contributed by atoms with Gasteiger partial charge in [-0.3, -0.25) is 0 Å². The van der Waals surface area contributed by atoms with Crippen LogP contribution in [-0.4, -0.2) is 38.1 Å². The molecule has 2 nitrogen and oxygen atoms in total. The maximum Gasteiger partial charge on any atom is 0.00683 e. The van der Waals surface area contributed by atoms with Gasteiger partial charge in [-0.2, -0.15) is 0 Å². The summed E-state index contributed by atoms with van der Waals surface area (Å²) in [5.74, 6) is 0.783. The highest BCUT2D eigenvalue weighted by atomic mass is 15.1. The molecule has 0 radical (unpaired) electrons. The largest absolute Gasteiger partial charge is 0.314 e. The quantitative estimate of drug-likeness (QED) is 0.637. The first-order chi connectivity index (χ1) is 5.18. The van der Waals surface area contributed by atoms with Gasteiger partial charge in [0.05, 0.1) is 0 Å². The molecule has 0 aromatic carbocycles. The van der Waals surface area contributed by atoms with Crippen LogP contribution in [0.1, 0.15) is 19.8 Å². The maximum absolute atomic E-state index is 3.54. The van der Waals surface area contributed by atoms with Crippen LogP contribution in [0.3, 0.4) is 0 Å². The normalized spacial score (nSPS) is 20.7. The fourth-order valence-electron chi connectivity index (χ4n) is 1.34. The highest BCUT2D eigenvalue weighted by molar-refractivity contribution is 4.81. The lowest BCUT2D eigenvalue weighted by atomic mass is 10.2. The minimum absolute atomic E-state index is 0.783. The molecule has 1 aliphatic carbocycles. The Bertz CT molecular complexity index is 108. The van der Waals surface area contributed by atoms with E-state index in [-0.39, 0.29) is 0 Å². The van der Waals surface area contributed by atoms with Gasteiger partial charge in [0.25, 0.3) is 0 Å². The second kappa shape index (κ2) is 4.07. The van der Waals surface area contributed by atoms with E-state index in [1.54, 1.807) is 0 Å². The van der Waals surface area contributed by atoms with E-state index in [4.69, 9.17) is 0 Å². The molecular formula is C9H20N2. The Kier molecular flexibility index (Phi) is 3.34. The van der Waals surface area contributed by atoms with Crippen LogP contribution < -0.4 is 5.32 Å². The Morgan fingerprint density at radius 2 is 2.09 bits per heavy atom. The van der Waals surface area contributed by atoms with Crippen LogP contribution in [-0.2, 0) is 0 Å². The van der Waals surface area contributed by atoms with E-state index in [1.165, 1.54) is 25.9 Å². The van der Waals surface area contributed by atoms with Crippen molar-refractivity contribution in [2.24, 2.45) is 5.92 Å². The zero-order valence-electron chi connectivity index (χ0n) is 7.93. The van der Waals surface area contributed by atoms with Crippen LogP contribution in [0.2, 0.25) is 0 Å². The van der Waals surface area contributed by atoms with Crippen molar-refractivity contribution >= 4 is 0 Å². The molecule has 1 atom stereocenters. The summed E-state index contributed by atoms with van der Waals surface area (Å²) in [6, 6.07) is 0.861. The van der Waals surface area contributed by atoms with Crippen LogP contribution in [0.4, 0.5) is 0 Å². The van der Waals surface area contributed by atoms with E-state index in [1.807, 2.05) is 0 Å². The molecule has 0 spiro atoms. The highest BCUT2D eigenvalue weighted by Gasteiger charge is 2.20. The number of nitrogens with one attached hydrogen (secondary N) is 1. The van der Waals surface area contributed by atoms with Gasteiger partial charge in [-0.1, -0.05) is 6.92 Å². The molecule has 1 rings (SSSR count). The van der Waals surface area contributed by atoms with Crippen molar-refractivity contribution in [2.45, 2.75) is 25.8 Å². The summed E-state index contributed by atoms with van der Waals surface area (Å²) in [7, 11) is 4.27. The molecule has 66 valence electrons. The monoisotopic (exact) mass is 156 g/mol. The molecule has 11 heavy (non-hydrogen) atoms. The predicted molar refractivity (Wildman–Crippen MR) is 48.7 cm³/mol. The molecule has 1 N–H and O–H groups in total. The molecule has 0 amide bonds. The average molecular weight is 156 g/mol. The van der Waals surface area contributed by atoms with Crippen molar-refractivity contribution in [1.29, 1.82) is 0 Å². The highest BCUT2D eigenvalue weighted by Crippen LogP contribution is 2.18. The van der Waals surface area contributed by atoms with Crippen molar-refractivity contribution in [3.63, 3.8) is 0 Å². The fraction of sp³-hybridized carbons (Fsp3) is 1.00. The van der Waals surface area contributed by atoms with Crippen LogP contribution in [0, 0.1) is 5.92 Å².